The number of methoxy groups -OCH3 is 1. The molecule has 1 N–H and O–H groups in total. The number of furan rings is 1. The molecule has 1 aliphatic rings. The maximum atomic E-state index is 10.9. The highest BCUT2D eigenvalue weighted by molar-refractivity contribution is 5.86. The molecule has 0 aliphatic heterocycles. The van der Waals surface area contributed by atoms with Gasteiger partial charge in [0.2, 0.25) is 5.76 Å². The standard InChI is InChI=1S/C13H19NO4/c1-9-7-11(18-12(9)13(15)16)8-14(5-6-17-2)10-3-4-10/h7,10H,3-6,8H2,1-2H3,(H,15,16). The average molecular weight is 253 g/mol. The van der Waals surface area contributed by atoms with Crippen LogP contribution in [0.5, 0.6) is 0 Å². The van der Waals surface area contributed by atoms with Gasteiger partial charge >= 0.3 is 5.97 Å². The van der Waals surface area contributed by atoms with Crippen molar-refractivity contribution in [3.05, 3.63) is 23.2 Å². The molecule has 2 rings (SSSR count). The molecule has 0 amide bonds. The van der Waals surface area contributed by atoms with Crippen molar-refractivity contribution in [3.63, 3.8) is 0 Å². The third-order valence-corrected chi connectivity index (χ3v) is 3.17. The molecule has 5 nitrogen and oxygen atoms in total. The van der Waals surface area contributed by atoms with Crippen molar-refractivity contribution in [2.24, 2.45) is 0 Å². The highest BCUT2D eigenvalue weighted by atomic mass is 16.5. The number of carboxylic acid groups (broad SMARTS) is 1. The lowest BCUT2D eigenvalue weighted by molar-refractivity contribution is 0.0656. The number of hydrogen-bond acceptors (Lipinski definition) is 4. The van der Waals surface area contributed by atoms with E-state index < -0.39 is 5.97 Å². The van der Waals surface area contributed by atoms with Crippen LogP contribution in [-0.4, -0.2) is 42.3 Å². The quantitative estimate of drug-likeness (QED) is 0.804. The van der Waals surface area contributed by atoms with Gasteiger partial charge in [-0.3, -0.25) is 4.90 Å². The summed E-state index contributed by atoms with van der Waals surface area (Å²) < 4.78 is 10.5. The number of carbonyl (C=O) groups is 1. The molecule has 0 atom stereocenters. The first-order valence-corrected chi connectivity index (χ1v) is 6.17. The largest absolute Gasteiger partial charge is 0.475 e. The van der Waals surface area contributed by atoms with E-state index in [2.05, 4.69) is 4.90 Å². The van der Waals surface area contributed by atoms with Crippen molar-refractivity contribution in [2.75, 3.05) is 20.3 Å². The summed E-state index contributed by atoms with van der Waals surface area (Å²) in [5.74, 6) is -0.242. The van der Waals surface area contributed by atoms with Crippen LogP contribution in [-0.2, 0) is 11.3 Å². The van der Waals surface area contributed by atoms with Crippen molar-refractivity contribution in [1.82, 2.24) is 4.90 Å². The first-order valence-electron chi connectivity index (χ1n) is 6.17. The summed E-state index contributed by atoms with van der Waals surface area (Å²) in [5.41, 5.74) is 0.681. The Balaban J connectivity index is 2.01. The Kier molecular flexibility index (Phi) is 4.04. The number of hydrogen-bond donors (Lipinski definition) is 1. The number of ether oxygens (including phenoxy) is 1. The lowest BCUT2D eigenvalue weighted by Crippen LogP contribution is -2.28. The molecule has 0 unspecified atom stereocenters. The fraction of sp³-hybridized carbons (Fsp3) is 0.615. The van der Waals surface area contributed by atoms with Gasteiger partial charge in [-0.25, -0.2) is 4.79 Å². The third kappa shape index (κ3) is 3.11. The van der Waals surface area contributed by atoms with E-state index in [1.54, 1.807) is 14.0 Å². The van der Waals surface area contributed by atoms with Crippen molar-refractivity contribution in [2.45, 2.75) is 32.4 Å². The molecule has 1 fully saturated rings. The van der Waals surface area contributed by atoms with E-state index in [-0.39, 0.29) is 5.76 Å². The summed E-state index contributed by atoms with van der Waals surface area (Å²) in [6.45, 7) is 3.94. The van der Waals surface area contributed by atoms with Crippen LogP contribution < -0.4 is 0 Å². The van der Waals surface area contributed by atoms with Crippen LogP contribution in [0.25, 0.3) is 0 Å². The molecule has 0 radical (unpaired) electrons. The second-order valence-corrected chi connectivity index (χ2v) is 4.72. The van der Waals surface area contributed by atoms with Gasteiger partial charge in [0.25, 0.3) is 0 Å². The van der Waals surface area contributed by atoms with Gasteiger partial charge in [0.05, 0.1) is 13.2 Å². The number of nitrogens with zero attached hydrogens (tertiary/aromatic N) is 1. The minimum atomic E-state index is -1.01. The Morgan fingerprint density at radius 1 is 1.61 bits per heavy atom. The highest BCUT2D eigenvalue weighted by Crippen LogP contribution is 2.28. The number of aromatic carboxylic acids is 1. The van der Waals surface area contributed by atoms with Gasteiger partial charge in [0, 0.05) is 25.3 Å². The third-order valence-electron chi connectivity index (χ3n) is 3.17. The molecule has 0 bridgehead atoms. The lowest BCUT2D eigenvalue weighted by Gasteiger charge is -2.19. The molecular formula is C13H19NO4. The summed E-state index contributed by atoms with van der Waals surface area (Å²) >= 11 is 0. The maximum Gasteiger partial charge on any atom is 0.372 e. The molecule has 0 saturated heterocycles. The zero-order valence-electron chi connectivity index (χ0n) is 10.8. The molecule has 100 valence electrons. The van der Waals surface area contributed by atoms with Crippen LogP contribution in [0.1, 0.15) is 34.7 Å². The molecular weight excluding hydrogens is 234 g/mol. The van der Waals surface area contributed by atoms with Gasteiger partial charge in [0.15, 0.2) is 0 Å². The van der Waals surface area contributed by atoms with Gasteiger partial charge in [-0.2, -0.15) is 0 Å². The zero-order chi connectivity index (χ0) is 13.1. The Hall–Kier alpha value is -1.33. The minimum absolute atomic E-state index is 0.0486. The molecule has 5 heteroatoms. The van der Waals surface area contributed by atoms with E-state index in [9.17, 15) is 4.79 Å². The summed E-state index contributed by atoms with van der Waals surface area (Å²) in [6.07, 6.45) is 2.41. The topological polar surface area (TPSA) is 62.9 Å². The first kappa shape index (κ1) is 13.1. The van der Waals surface area contributed by atoms with Crippen molar-refractivity contribution in [3.8, 4) is 0 Å². The fourth-order valence-corrected chi connectivity index (χ4v) is 2.08. The molecule has 18 heavy (non-hydrogen) atoms. The average Bonchev–Trinajstić information content (AvgIpc) is 3.09. The van der Waals surface area contributed by atoms with E-state index in [0.717, 1.165) is 6.54 Å². The van der Waals surface area contributed by atoms with E-state index in [1.807, 2.05) is 6.07 Å². The molecule has 1 aliphatic carbocycles. The van der Waals surface area contributed by atoms with Gasteiger partial charge < -0.3 is 14.3 Å². The normalized spacial score (nSPS) is 15.3. The van der Waals surface area contributed by atoms with Crippen LogP contribution >= 0.6 is 0 Å². The summed E-state index contributed by atoms with van der Waals surface area (Å²) in [4.78, 5) is 13.2. The Morgan fingerprint density at radius 3 is 2.83 bits per heavy atom. The summed E-state index contributed by atoms with van der Waals surface area (Å²) in [5, 5.41) is 8.95. The van der Waals surface area contributed by atoms with Crippen LogP contribution in [0.4, 0.5) is 0 Å². The predicted molar refractivity (Wildman–Crippen MR) is 65.7 cm³/mol. The fourth-order valence-electron chi connectivity index (χ4n) is 2.08. The van der Waals surface area contributed by atoms with Crippen molar-refractivity contribution < 1.29 is 19.1 Å². The summed E-state index contributed by atoms with van der Waals surface area (Å²) in [6, 6.07) is 2.41. The van der Waals surface area contributed by atoms with Gasteiger partial charge in [-0.05, 0) is 25.8 Å². The van der Waals surface area contributed by atoms with Gasteiger partial charge in [-0.15, -0.1) is 0 Å². The number of carboxylic acids is 1. The van der Waals surface area contributed by atoms with E-state index >= 15 is 0 Å². The molecule has 0 aromatic carbocycles. The van der Waals surface area contributed by atoms with Crippen LogP contribution in [0.2, 0.25) is 0 Å². The van der Waals surface area contributed by atoms with Crippen LogP contribution in [0.3, 0.4) is 0 Å². The van der Waals surface area contributed by atoms with E-state index in [1.165, 1.54) is 12.8 Å². The van der Waals surface area contributed by atoms with Crippen LogP contribution in [0.15, 0.2) is 10.5 Å². The van der Waals surface area contributed by atoms with Crippen molar-refractivity contribution >= 4 is 5.97 Å². The molecule has 1 aromatic rings. The second kappa shape index (κ2) is 5.54. The highest BCUT2D eigenvalue weighted by Gasteiger charge is 2.29. The van der Waals surface area contributed by atoms with Crippen LogP contribution in [0, 0.1) is 6.92 Å². The Morgan fingerprint density at radius 2 is 2.33 bits per heavy atom. The summed E-state index contributed by atoms with van der Waals surface area (Å²) in [7, 11) is 1.69. The zero-order valence-corrected chi connectivity index (χ0v) is 10.8. The Labute approximate surface area is 106 Å². The van der Waals surface area contributed by atoms with Gasteiger partial charge in [0.1, 0.15) is 5.76 Å². The van der Waals surface area contributed by atoms with Crippen molar-refractivity contribution in [1.29, 1.82) is 0 Å². The smallest absolute Gasteiger partial charge is 0.372 e. The molecule has 0 spiro atoms. The first-order chi connectivity index (χ1) is 8.61. The predicted octanol–water partition coefficient (Wildman–Crippen LogP) is 1.90. The molecule has 1 aromatic heterocycles. The second-order valence-electron chi connectivity index (χ2n) is 4.72. The van der Waals surface area contributed by atoms with E-state index in [0.29, 0.717) is 30.5 Å². The SMILES string of the molecule is COCCN(Cc1cc(C)c(C(=O)O)o1)C1CC1. The number of rotatable bonds is 7. The van der Waals surface area contributed by atoms with E-state index in [4.69, 9.17) is 14.3 Å². The lowest BCUT2D eigenvalue weighted by atomic mass is 10.2. The monoisotopic (exact) mass is 253 g/mol. The molecule has 1 saturated carbocycles. The Bertz CT molecular complexity index is 423. The minimum Gasteiger partial charge on any atom is -0.475 e. The van der Waals surface area contributed by atoms with Gasteiger partial charge in [-0.1, -0.05) is 0 Å². The number of aryl methyl sites for hydroxylation is 1. The maximum absolute atomic E-state index is 10.9. The molecule has 1 heterocycles.